The third-order valence-corrected chi connectivity index (χ3v) is 3.81. The van der Waals surface area contributed by atoms with Gasteiger partial charge in [-0.25, -0.2) is 0 Å². The molecule has 0 aliphatic rings. The molecule has 0 spiro atoms. The van der Waals surface area contributed by atoms with E-state index >= 15 is 0 Å². The number of hydrogen-bond acceptors (Lipinski definition) is 2. The van der Waals surface area contributed by atoms with Crippen molar-refractivity contribution in [2.75, 3.05) is 7.11 Å². The van der Waals surface area contributed by atoms with Crippen LogP contribution in [0.3, 0.4) is 0 Å². The van der Waals surface area contributed by atoms with Gasteiger partial charge in [0, 0.05) is 24.2 Å². The molecule has 0 saturated carbocycles. The van der Waals surface area contributed by atoms with E-state index < -0.39 is 0 Å². The monoisotopic (exact) mass is 333 g/mol. The molecule has 0 fully saturated rings. The van der Waals surface area contributed by atoms with E-state index in [1.807, 2.05) is 0 Å². The van der Waals surface area contributed by atoms with E-state index in [9.17, 15) is 0 Å². The molecule has 2 nitrogen and oxygen atoms in total. The Kier molecular flexibility index (Phi) is 5.77. The summed E-state index contributed by atoms with van der Waals surface area (Å²) < 4.78 is 6.28. The van der Waals surface area contributed by atoms with E-state index in [-0.39, 0.29) is 0 Å². The second-order valence-corrected chi connectivity index (χ2v) is 5.82. The maximum Gasteiger partial charge on any atom is 0.0713 e. The third kappa shape index (κ3) is 4.44. The van der Waals surface area contributed by atoms with Crippen molar-refractivity contribution in [2.24, 2.45) is 0 Å². The molecule has 0 aliphatic heterocycles. The Morgan fingerprint density at radius 2 is 1.80 bits per heavy atom. The van der Waals surface area contributed by atoms with Crippen LogP contribution in [-0.4, -0.2) is 7.11 Å². The second-order valence-electron chi connectivity index (χ2n) is 4.91. The highest BCUT2D eigenvalue weighted by Crippen LogP contribution is 2.17. The molecule has 1 N–H and O–H groups in total. The topological polar surface area (TPSA) is 21.3 Å². The zero-order valence-corrected chi connectivity index (χ0v) is 13.5. The molecule has 0 aliphatic carbocycles. The fourth-order valence-corrected chi connectivity index (χ4v) is 2.40. The highest BCUT2D eigenvalue weighted by molar-refractivity contribution is 9.10. The van der Waals surface area contributed by atoms with Crippen molar-refractivity contribution in [3.8, 4) is 0 Å². The van der Waals surface area contributed by atoms with E-state index in [2.05, 4.69) is 76.7 Å². The second kappa shape index (κ2) is 7.58. The lowest BCUT2D eigenvalue weighted by Gasteiger charge is -2.15. The lowest BCUT2D eigenvalue weighted by atomic mass is 10.1. The molecular formula is C17H20BrNO. The summed E-state index contributed by atoms with van der Waals surface area (Å²) in [5.74, 6) is 0. The van der Waals surface area contributed by atoms with Gasteiger partial charge >= 0.3 is 0 Å². The Morgan fingerprint density at radius 1 is 1.10 bits per heavy atom. The van der Waals surface area contributed by atoms with Crippen LogP contribution in [0, 0.1) is 0 Å². The molecule has 1 unspecified atom stereocenters. The number of hydrogen-bond donors (Lipinski definition) is 1. The van der Waals surface area contributed by atoms with Gasteiger partial charge in [0.05, 0.1) is 6.61 Å². The number of halogens is 1. The van der Waals surface area contributed by atoms with E-state index in [4.69, 9.17) is 4.74 Å². The van der Waals surface area contributed by atoms with Crippen molar-refractivity contribution in [1.29, 1.82) is 0 Å². The molecule has 2 aromatic carbocycles. The molecule has 0 bridgehead atoms. The molecule has 2 rings (SSSR count). The Bertz CT molecular complexity index is 539. The molecule has 20 heavy (non-hydrogen) atoms. The van der Waals surface area contributed by atoms with Crippen LogP contribution in [0.1, 0.15) is 29.7 Å². The predicted octanol–water partition coefficient (Wildman–Crippen LogP) is 4.45. The number of nitrogens with one attached hydrogen (secondary N) is 1. The van der Waals surface area contributed by atoms with Crippen LogP contribution < -0.4 is 5.32 Å². The highest BCUT2D eigenvalue weighted by Gasteiger charge is 2.05. The Labute approximate surface area is 129 Å². The van der Waals surface area contributed by atoms with E-state index in [0.717, 1.165) is 11.0 Å². The van der Waals surface area contributed by atoms with Gasteiger partial charge in [0.1, 0.15) is 0 Å². The third-order valence-electron chi connectivity index (χ3n) is 3.28. The average molecular weight is 334 g/mol. The van der Waals surface area contributed by atoms with Gasteiger partial charge in [-0.05, 0) is 35.7 Å². The van der Waals surface area contributed by atoms with Crippen molar-refractivity contribution in [1.82, 2.24) is 5.32 Å². The van der Waals surface area contributed by atoms with Crippen molar-refractivity contribution >= 4 is 15.9 Å². The fraction of sp³-hybridized carbons (Fsp3) is 0.294. The maximum atomic E-state index is 5.16. The molecule has 0 saturated heterocycles. The molecule has 1 atom stereocenters. The highest BCUT2D eigenvalue weighted by atomic mass is 79.9. The smallest absolute Gasteiger partial charge is 0.0713 e. The summed E-state index contributed by atoms with van der Waals surface area (Å²) in [5.41, 5.74) is 3.79. The Balaban J connectivity index is 1.94. The van der Waals surface area contributed by atoms with Crippen LogP contribution in [0.2, 0.25) is 0 Å². The van der Waals surface area contributed by atoms with Crippen LogP contribution in [0.25, 0.3) is 0 Å². The Morgan fingerprint density at radius 3 is 2.50 bits per heavy atom. The van der Waals surface area contributed by atoms with Crippen LogP contribution in [0.4, 0.5) is 0 Å². The maximum absolute atomic E-state index is 5.16. The minimum atomic E-state index is 0.328. The first-order chi connectivity index (χ1) is 9.69. The first-order valence-corrected chi connectivity index (χ1v) is 7.54. The summed E-state index contributed by atoms with van der Waals surface area (Å²) in [5, 5.41) is 3.55. The van der Waals surface area contributed by atoms with Gasteiger partial charge in [-0.2, -0.15) is 0 Å². The van der Waals surface area contributed by atoms with Crippen LogP contribution in [0.5, 0.6) is 0 Å². The minimum absolute atomic E-state index is 0.328. The van der Waals surface area contributed by atoms with Gasteiger partial charge in [0.25, 0.3) is 0 Å². The molecule has 0 radical (unpaired) electrons. The van der Waals surface area contributed by atoms with Gasteiger partial charge < -0.3 is 10.1 Å². The van der Waals surface area contributed by atoms with Gasteiger partial charge in [-0.3, -0.25) is 0 Å². The Hall–Kier alpha value is -1.16. The number of methoxy groups -OCH3 is 1. The number of ether oxygens (including phenoxy) is 1. The summed E-state index contributed by atoms with van der Waals surface area (Å²) in [6.07, 6.45) is 0. The van der Waals surface area contributed by atoms with E-state index in [0.29, 0.717) is 12.6 Å². The lowest BCUT2D eigenvalue weighted by Crippen LogP contribution is -2.18. The fourth-order valence-electron chi connectivity index (χ4n) is 2.14. The van der Waals surface area contributed by atoms with Crippen molar-refractivity contribution in [2.45, 2.75) is 26.1 Å². The number of rotatable bonds is 6. The molecule has 0 aromatic heterocycles. The van der Waals surface area contributed by atoms with Gasteiger partial charge in [-0.1, -0.05) is 52.3 Å². The van der Waals surface area contributed by atoms with Gasteiger partial charge in [0.15, 0.2) is 0 Å². The minimum Gasteiger partial charge on any atom is -0.380 e. The number of benzene rings is 2. The standard InChI is InChI=1S/C17H20BrNO/c1-13(16-6-8-17(18)9-7-16)19-11-14-4-3-5-15(10-14)12-20-2/h3-10,13,19H,11-12H2,1-2H3. The molecular weight excluding hydrogens is 314 g/mol. The summed E-state index contributed by atoms with van der Waals surface area (Å²) >= 11 is 3.46. The average Bonchev–Trinajstić information content (AvgIpc) is 2.46. The van der Waals surface area contributed by atoms with Gasteiger partial charge in [-0.15, -0.1) is 0 Å². The molecule has 3 heteroatoms. The first kappa shape index (κ1) is 15.2. The zero-order chi connectivity index (χ0) is 14.4. The van der Waals surface area contributed by atoms with Crippen molar-refractivity contribution < 1.29 is 4.74 Å². The van der Waals surface area contributed by atoms with Crippen LogP contribution in [-0.2, 0) is 17.9 Å². The van der Waals surface area contributed by atoms with Crippen LogP contribution in [0.15, 0.2) is 53.0 Å². The largest absolute Gasteiger partial charge is 0.380 e. The van der Waals surface area contributed by atoms with Crippen LogP contribution >= 0.6 is 15.9 Å². The van der Waals surface area contributed by atoms with Crippen molar-refractivity contribution in [3.05, 3.63) is 69.7 Å². The van der Waals surface area contributed by atoms with E-state index in [1.54, 1.807) is 7.11 Å². The van der Waals surface area contributed by atoms with Crippen molar-refractivity contribution in [3.63, 3.8) is 0 Å². The first-order valence-electron chi connectivity index (χ1n) is 6.74. The quantitative estimate of drug-likeness (QED) is 0.843. The molecule has 2 aromatic rings. The lowest BCUT2D eigenvalue weighted by molar-refractivity contribution is 0.185. The molecule has 0 heterocycles. The molecule has 106 valence electrons. The summed E-state index contributed by atoms with van der Waals surface area (Å²) in [4.78, 5) is 0. The SMILES string of the molecule is COCc1cccc(CNC(C)c2ccc(Br)cc2)c1. The molecule has 0 amide bonds. The summed E-state index contributed by atoms with van der Waals surface area (Å²) in [6, 6.07) is 17.3. The summed E-state index contributed by atoms with van der Waals surface area (Å²) in [6.45, 7) is 3.70. The van der Waals surface area contributed by atoms with E-state index in [1.165, 1.54) is 16.7 Å². The zero-order valence-electron chi connectivity index (χ0n) is 11.9. The van der Waals surface area contributed by atoms with Gasteiger partial charge in [0.2, 0.25) is 0 Å². The summed E-state index contributed by atoms with van der Waals surface area (Å²) in [7, 11) is 1.72. The normalized spacial score (nSPS) is 12.3. The predicted molar refractivity (Wildman–Crippen MR) is 86.6 cm³/mol.